The smallest absolute Gasteiger partial charge is 0.0891 e. The molecule has 0 aliphatic heterocycles. The van der Waals surface area contributed by atoms with E-state index in [0.29, 0.717) is 13.1 Å². The molecule has 1 atom stereocenters. The van der Waals surface area contributed by atoms with Crippen molar-refractivity contribution in [2.45, 2.75) is 12.6 Å². The molecular weight excluding hydrogens is 423 g/mol. The molecule has 0 spiro atoms. The summed E-state index contributed by atoms with van der Waals surface area (Å²) in [5, 5.41) is 16.3. The van der Waals surface area contributed by atoms with Gasteiger partial charge in [-0.15, -0.1) is 0 Å². The number of fused-ring (bicyclic) bond motifs is 3. The molecule has 25 heavy (non-hydrogen) atoms. The van der Waals surface area contributed by atoms with Gasteiger partial charge >= 0.3 is 0 Å². The summed E-state index contributed by atoms with van der Waals surface area (Å²) in [6, 6.07) is 24.9. The van der Waals surface area contributed by atoms with E-state index < -0.39 is 6.10 Å². The van der Waals surface area contributed by atoms with Gasteiger partial charge in [0, 0.05) is 37.6 Å². The van der Waals surface area contributed by atoms with Gasteiger partial charge in [-0.1, -0.05) is 36.4 Å². The van der Waals surface area contributed by atoms with Crippen LogP contribution in [-0.2, 0) is 6.54 Å². The van der Waals surface area contributed by atoms with E-state index in [1.54, 1.807) is 0 Å². The Morgan fingerprint density at radius 2 is 1.40 bits per heavy atom. The van der Waals surface area contributed by atoms with Crippen molar-refractivity contribution in [3.05, 3.63) is 76.4 Å². The van der Waals surface area contributed by atoms with Gasteiger partial charge in [-0.2, -0.15) is 0 Å². The maximum atomic E-state index is 10.6. The lowest BCUT2D eigenvalue weighted by atomic mass is 10.2. The van der Waals surface area contributed by atoms with Gasteiger partial charge in [-0.05, 0) is 59.0 Å². The Morgan fingerprint density at radius 1 is 0.840 bits per heavy atom. The average Bonchev–Trinajstić information content (AvgIpc) is 2.96. The predicted octanol–water partition coefficient (Wildman–Crippen LogP) is 4.87. The molecule has 4 heteroatoms. The van der Waals surface area contributed by atoms with Crippen LogP contribution < -0.4 is 5.32 Å². The van der Waals surface area contributed by atoms with Crippen LogP contribution in [0.2, 0.25) is 0 Å². The van der Waals surface area contributed by atoms with Crippen molar-refractivity contribution in [1.29, 1.82) is 0 Å². The lowest BCUT2D eigenvalue weighted by Crippen LogP contribution is -2.24. The van der Waals surface area contributed by atoms with E-state index in [1.807, 2.05) is 24.3 Å². The van der Waals surface area contributed by atoms with Crippen molar-refractivity contribution in [2.24, 2.45) is 0 Å². The van der Waals surface area contributed by atoms with Gasteiger partial charge in [0.2, 0.25) is 0 Å². The highest BCUT2D eigenvalue weighted by atomic mass is 127. The minimum absolute atomic E-state index is 0.474. The fraction of sp³-hybridized carbons (Fsp3) is 0.143. The minimum Gasteiger partial charge on any atom is -0.389 e. The van der Waals surface area contributed by atoms with Crippen LogP contribution in [-0.4, -0.2) is 22.3 Å². The van der Waals surface area contributed by atoms with Crippen LogP contribution in [0.15, 0.2) is 72.8 Å². The van der Waals surface area contributed by atoms with Crippen molar-refractivity contribution < 1.29 is 5.11 Å². The lowest BCUT2D eigenvalue weighted by Gasteiger charge is -2.15. The van der Waals surface area contributed by atoms with Crippen LogP contribution in [0.5, 0.6) is 0 Å². The van der Waals surface area contributed by atoms with E-state index >= 15 is 0 Å². The molecule has 0 unspecified atom stereocenters. The van der Waals surface area contributed by atoms with E-state index in [0.717, 1.165) is 16.7 Å². The van der Waals surface area contributed by atoms with Crippen molar-refractivity contribution in [1.82, 2.24) is 4.57 Å². The third-order valence-electron chi connectivity index (χ3n) is 4.46. The van der Waals surface area contributed by atoms with Gasteiger partial charge in [-0.3, -0.25) is 0 Å². The number of anilines is 1. The number of aliphatic hydroxyl groups is 1. The molecular formula is C21H19IN2O. The summed E-state index contributed by atoms with van der Waals surface area (Å²) in [4.78, 5) is 0. The van der Waals surface area contributed by atoms with Crippen molar-refractivity contribution in [2.75, 3.05) is 11.9 Å². The summed E-state index contributed by atoms with van der Waals surface area (Å²) < 4.78 is 3.42. The first-order valence-electron chi connectivity index (χ1n) is 8.36. The van der Waals surface area contributed by atoms with Gasteiger partial charge in [0.25, 0.3) is 0 Å². The zero-order valence-corrected chi connectivity index (χ0v) is 15.8. The summed E-state index contributed by atoms with van der Waals surface area (Å²) in [5.74, 6) is 0. The summed E-state index contributed by atoms with van der Waals surface area (Å²) in [6.45, 7) is 1.08. The van der Waals surface area contributed by atoms with E-state index in [-0.39, 0.29) is 0 Å². The summed E-state index contributed by atoms with van der Waals surface area (Å²) in [5.41, 5.74) is 3.36. The normalized spacial score (nSPS) is 12.6. The number of aromatic nitrogens is 1. The SMILES string of the molecule is O[C@@H](CNc1ccc(I)cc1)Cn1c2ccccc2c2ccccc21. The number of rotatable bonds is 5. The van der Waals surface area contributed by atoms with Crippen LogP contribution in [0.1, 0.15) is 0 Å². The molecule has 0 radical (unpaired) electrons. The zero-order chi connectivity index (χ0) is 17.2. The molecule has 4 rings (SSSR count). The van der Waals surface area contributed by atoms with E-state index in [4.69, 9.17) is 0 Å². The number of para-hydroxylation sites is 2. The first-order valence-corrected chi connectivity index (χ1v) is 9.44. The second-order valence-corrected chi connectivity index (χ2v) is 7.43. The van der Waals surface area contributed by atoms with Crippen molar-refractivity contribution in [3.63, 3.8) is 0 Å². The monoisotopic (exact) mass is 442 g/mol. The molecule has 126 valence electrons. The molecule has 3 aromatic carbocycles. The van der Waals surface area contributed by atoms with Crippen LogP contribution in [0, 0.1) is 3.57 Å². The number of benzene rings is 3. The van der Waals surface area contributed by atoms with Crippen LogP contribution in [0.3, 0.4) is 0 Å². The van der Waals surface area contributed by atoms with Gasteiger partial charge in [0.15, 0.2) is 0 Å². The second-order valence-electron chi connectivity index (χ2n) is 6.19. The molecule has 4 aromatic rings. The molecule has 0 amide bonds. The molecule has 0 aliphatic rings. The number of hydrogen-bond donors (Lipinski definition) is 2. The van der Waals surface area contributed by atoms with Crippen molar-refractivity contribution >= 4 is 50.1 Å². The van der Waals surface area contributed by atoms with Gasteiger partial charge in [0.05, 0.1) is 12.6 Å². The number of halogens is 1. The Bertz CT molecular complexity index is 954. The Balaban J connectivity index is 1.58. The lowest BCUT2D eigenvalue weighted by molar-refractivity contribution is 0.169. The molecule has 1 aromatic heterocycles. The number of aliphatic hydroxyl groups excluding tert-OH is 1. The Kier molecular flexibility index (Phi) is 4.63. The van der Waals surface area contributed by atoms with Crippen LogP contribution >= 0.6 is 22.6 Å². The first-order chi connectivity index (χ1) is 12.2. The van der Waals surface area contributed by atoms with E-state index in [9.17, 15) is 5.11 Å². The van der Waals surface area contributed by atoms with Gasteiger partial charge in [0.1, 0.15) is 0 Å². The highest BCUT2D eigenvalue weighted by Crippen LogP contribution is 2.28. The maximum Gasteiger partial charge on any atom is 0.0891 e. The number of hydrogen-bond acceptors (Lipinski definition) is 2. The molecule has 0 saturated heterocycles. The summed E-state index contributed by atoms with van der Waals surface area (Å²) in [6.07, 6.45) is -0.474. The third-order valence-corrected chi connectivity index (χ3v) is 5.18. The van der Waals surface area contributed by atoms with Crippen LogP contribution in [0.4, 0.5) is 5.69 Å². The van der Waals surface area contributed by atoms with Crippen LogP contribution in [0.25, 0.3) is 21.8 Å². The quantitative estimate of drug-likeness (QED) is 0.433. The highest BCUT2D eigenvalue weighted by Gasteiger charge is 2.13. The molecule has 3 nitrogen and oxygen atoms in total. The second kappa shape index (κ2) is 7.06. The molecule has 0 bridgehead atoms. The predicted molar refractivity (Wildman–Crippen MR) is 113 cm³/mol. The molecule has 0 fully saturated rings. The maximum absolute atomic E-state index is 10.6. The topological polar surface area (TPSA) is 37.2 Å². The fourth-order valence-corrected chi connectivity index (χ4v) is 3.64. The summed E-state index contributed by atoms with van der Waals surface area (Å²) >= 11 is 2.29. The number of nitrogens with zero attached hydrogens (tertiary/aromatic N) is 1. The molecule has 1 heterocycles. The Hall–Kier alpha value is -2.05. The minimum atomic E-state index is -0.474. The fourth-order valence-electron chi connectivity index (χ4n) is 3.28. The van der Waals surface area contributed by atoms with E-state index in [2.05, 4.69) is 81.0 Å². The van der Waals surface area contributed by atoms with E-state index in [1.165, 1.54) is 14.3 Å². The summed E-state index contributed by atoms with van der Waals surface area (Å²) in [7, 11) is 0. The first kappa shape index (κ1) is 16.4. The van der Waals surface area contributed by atoms with Crippen molar-refractivity contribution in [3.8, 4) is 0 Å². The molecule has 0 aliphatic carbocycles. The average molecular weight is 442 g/mol. The highest BCUT2D eigenvalue weighted by molar-refractivity contribution is 14.1. The zero-order valence-electron chi connectivity index (χ0n) is 13.7. The Labute approximate surface area is 160 Å². The molecule has 2 N–H and O–H groups in total. The third kappa shape index (κ3) is 3.37. The van der Waals surface area contributed by atoms with Gasteiger partial charge < -0.3 is 15.0 Å². The largest absolute Gasteiger partial charge is 0.389 e. The Morgan fingerprint density at radius 3 is 2.00 bits per heavy atom. The van der Waals surface area contributed by atoms with Gasteiger partial charge in [-0.25, -0.2) is 0 Å². The standard InChI is InChI=1S/C21H19IN2O/c22-15-9-11-16(12-10-15)23-13-17(25)14-24-20-7-3-1-5-18(20)19-6-2-4-8-21(19)24/h1-12,17,23,25H,13-14H2/t17-/m0/s1. The number of nitrogens with one attached hydrogen (secondary N) is 1. The molecule has 0 saturated carbocycles.